The third-order valence-electron chi connectivity index (χ3n) is 3.41. The highest BCUT2D eigenvalue weighted by Gasteiger charge is 2.09. The SMILES string of the molecule is CCNCc1c(OCc2ccno2)ccc2ccccc12. The second-order valence-electron chi connectivity index (χ2n) is 4.81. The van der Waals surface area contributed by atoms with Gasteiger partial charge in [-0.15, -0.1) is 0 Å². The Balaban J connectivity index is 1.92. The van der Waals surface area contributed by atoms with Gasteiger partial charge in [0.25, 0.3) is 0 Å². The fourth-order valence-corrected chi connectivity index (χ4v) is 2.35. The standard InChI is InChI=1S/C17H18N2O2/c1-2-18-11-16-15-6-4-3-5-13(15)7-8-17(16)20-12-14-9-10-19-21-14/h3-10,18H,2,11-12H2,1H3. The van der Waals surface area contributed by atoms with Crippen molar-refractivity contribution in [1.82, 2.24) is 10.5 Å². The van der Waals surface area contributed by atoms with Gasteiger partial charge in [0.05, 0.1) is 6.20 Å². The molecule has 3 aromatic rings. The van der Waals surface area contributed by atoms with Crippen LogP contribution in [0.2, 0.25) is 0 Å². The molecular weight excluding hydrogens is 264 g/mol. The zero-order valence-electron chi connectivity index (χ0n) is 12.0. The molecule has 0 unspecified atom stereocenters. The van der Waals surface area contributed by atoms with Gasteiger partial charge in [-0.2, -0.15) is 0 Å². The van der Waals surface area contributed by atoms with E-state index in [1.807, 2.05) is 12.1 Å². The van der Waals surface area contributed by atoms with E-state index in [0.717, 1.165) is 24.6 Å². The minimum Gasteiger partial charge on any atom is -0.485 e. The molecule has 0 spiro atoms. The molecule has 0 fully saturated rings. The molecule has 21 heavy (non-hydrogen) atoms. The van der Waals surface area contributed by atoms with Crippen molar-refractivity contribution < 1.29 is 9.26 Å². The van der Waals surface area contributed by atoms with E-state index in [2.05, 4.69) is 47.7 Å². The molecule has 0 atom stereocenters. The molecule has 0 amide bonds. The van der Waals surface area contributed by atoms with E-state index in [1.165, 1.54) is 16.3 Å². The largest absolute Gasteiger partial charge is 0.485 e. The topological polar surface area (TPSA) is 47.3 Å². The van der Waals surface area contributed by atoms with Crippen LogP contribution in [0.15, 0.2) is 53.2 Å². The Morgan fingerprint density at radius 1 is 1.14 bits per heavy atom. The lowest BCUT2D eigenvalue weighted by molar-refractivity contribution is 0.247. The molecule has 1 N–H and O–H groups in total. The van der Waals surface area contributed by atoms with Gasteiger partial charge in [-0.3, -0.25) is 0 Å². The highest BCUT2D eigenvalue weighted by molar-refractivity contribution is 5.87. The van der Waals surface area contributed by atoms with Crippen LogP contribution in [-0.2, 0) is 13.2 Å². The van der Waals surface area contributed by atoms with Gasteiger partial charge in [-0.05, 0) is 23.4 Å². The Morgan fingerprint density at radius 2 is 2.05 bits per heavy atom. The summed E-state index contributed by atoms with van der Waals surface area (Å²) < 4.78 is 11.0. The first kappa shape index (κ1) is 13.6. The highest BCUT2D eigenvalue weighted by atomic mass is 16.5. The van der Waals surface area contributed by atoms with Crippen LogP contribution < -0.4 is 10.1 Å². The van der Waals surface area contributed by atoms with Crippen LogP contribution in [0.5, 0.6) is 5.75 Å². The Bertz CT molecular complexity index is 708. The molecule has 2 aromatic carbocycles. The lowest BCUT2D eigenvalue weighted by Crippen LogP contribution is -2.13. The molecule has 0 aliphatic heterocycles. The van der Waals surface area contributed by atoms with Crippen LogP contribution in [0.25, 0.3) is 10.8 Å². The molecule has 0 radical (unpaired) electrons. The maximum Gasteiger partial charge on any atom is 0.174 e. The monoisotopic (exact) mass is 282 g/mol. The summed E-state index contributed by atoms with van der Waals surface area (Å²) in [5, 5.41) is 9.50. The fraction of sp³-hybridized carbons (Fsp3) is 0.235. The second-order valence-corrected chi connectivity index (χ2v) is 4.81. The van der Waals surface area contributed by atoms with Crippen molar-refractivity contribution in [2.75, 3.05) is 6.54 Å². The normalized spacial score (nSPS) is 10.9. The summed E-state index contributed by atoms with van der Waals surface area (Å²) in [6.07, 6.45) is 1.62. The maximum absolute atomic E-state index is 5.91. The number of ether oxygens (including phenoxy) is 1. The van der Waals surface area contributed by atoms with E-state index in [9.17, 15) is 0 Å². The maximum atomic E-state index is 5.91. The first-order chi connectivity index (χ1) is 10.4. The van der Waals surface area contributed by atoms with Crippen molar-refractivity contribution in [3.63, 3.8) is 0 Å². The van der Waals surface area contributed by atoms with Crippen LogP contribution in [-0.4, -0.2) is 11.7 Å². The van der Waals surface area contributed by atoms with Gasteiger partial charge in [0, 0.05) is 18.2 Å². The summed E-state index contributed by atoms with van der Waals surface area (Å²) in [5.74, 6) is 1.60. The highest BCUT2D eigenvalue weighted by Crippen LogP contribution is 2.28. The van der Waals surface area contributed by atoms with Gasteiger partial charge in [-0.25, -0.2) is 0 Å². The van der Waals surface area contributed by atoms with Crippen molar-refractivity contribution >= 4 is 10.8 Å². The number of hydrogen-bond acceptors (Lipinski definition) is 4. The summed E-state index contributed by atoms with van der Waals surface area (Å²) in [7, 11) is 0. The van der Waals surface area contributed by atoms with E-state index < -0.39 is 0 Å². The number of fused-ring (bicyclic) bond motifs is 1. The molecule has 4 heteroatoms. The zero-order valence-corrected chi connectivity index (χ0v) is 12.0. The third kappa shape index (κ3) is 3.06. The summed E-state index contributed by atoms with van der Waals surface area (Å²) in [5.41, 5.74) is 1.18. The van der Waals surface area contributed by atoms with Crippen molar-refractivity contribution in [2.24, 2.45) is 0 Å². The first-order valence-corrected chi connectivity index (χ1v) is 7.12. The number of benzene rings is 2. The van der Waals surface area contributed by atoms with E-state index in [4.69, 9.17) is 9.26 Å². The van der Waals surface area contributed by atoms with Gasteiger partial charge in [0.2, 0.25) is 0 Å². The Morgan fingerprint density at radius 3 is 2.86 bits per heavy atom. The minimum absolute atomic E-state index is 0.386. The van der Waals surface area contributed by atoms with Crippen LogP contribution in [0, 0.1) is 0 Å². The van der Waals surface area contributed by atoms with Gasteiger partial charge in [-0.1, -0.05) is 42.4 Å². The van der Waals surface area contributed by atoms with Gasteiger partial charge < -0.3 is 14.6 Å². The second kappa shape index (κ2) is 6.41. The molecule has 0 saturated carbocycles. The van der Waals surface area contributed by atoms with Gasteiger partial charge in [0.15, 0.2) is 5.76 Å². The summed E-state index contributed by atoms with van der Waals surface area (Å²) >= 11 is 0. The molecule has 1 aromatic heterocycles. The lowest BCUT2D eigenvalue weighted by atomic mass is 10.0. The Labute approximate surface area is 123 Å². The van der Waals surface area contributed by atoms with Crippen LogP contribution in [0.4, 0.5) is 0 Å². The number of rotatable bonds is 6. The van der Waals surface area contributed by atoms with Crippen LogP contribution in [0.1, 0.15) is 18.2 Å². The lowest BCUT2D eigenvalue weighted by Gasteiger charge is -2.14. The average molecular weight is 282 g/mol. The minimum atomic E-state index is 0.386. The van der Waals surface area contributed by atoms with E-state index in [1.54, 1.807) is 6.20 Å². The summed E-state index contributed by atoms with van der Waals surface area (Å²) in [6, 6.07) is 14.3. The number of nitrogens with zero attached hydrogens (tertiary/aromatic N) is 1. The van der Waals surface area contributed by atoms with Crippen molar-refractivity contribution in [1.29, 1.82) is 0 Å². The van der Waals surface area contributed by atoms with E-state index >= 15 is 0 Å². The molecule has 108 valence electrons. The van der Waals surface area contributed by atoms with Gasteiger partial charge >= 0.3 is 0 Å². The smallest absolute Gasteiger partial charge is 0.174 e. The average Bonchev–Trinajstić information content (AvgIpc) is 3.04. The molecule has 3 rings (SSSR count). The quantitative estimate of drug-likeness (QED) is 0.751. The molecular formula is C17H18N2O2. The number of nitrogens with one attached hydrogen (secondary N) is 1. The van der Waals surface area contributed by atoms with Crippen molar-refractivity contribution in [2.45, 2.75) is 20.1 Å². The van der Waals surface area contributed by atoms with Crippen molar-refractivity contribution in [3.05, 3.63) is 60.0 Å². The number of hydrogen-bond donors (Lipinski definition) is 1. The summed E-state index contributed by atoms with van der Waals surface area (Å²) in [4.78, 5) is 0. The Hall–Kier alpha value is -2.33. The fourth-order valence-electron chi connectivity index (χ4n) is 2.35. The number of aromatic nitrogens is 1. The van der Waals surface area contributed by atoms with Crippen molar-refractivity contribution in [3.8, 4) is 5.75 Å². The predicted octanol–water partition coefficient (Wildman–Crippen LogP) is 3.52. The molecule has 4 nitrogen and oxygen atoms in total. The molecule has 0 aliphatic rings. The molecule has 0 aliphatic carbocycles. The predicted molar refractivity (Wildman–Crippen MR) is 82.2 cm³/mol. The van der Waals surface area contributed by atoms with Crippen LogP contribution in [0.3, 0.4) is 0 Å². The zero-order chi connectivity index (χ0) is 14.5. The molecule has 0 bridgehead atoms. The summed E-state index contributed by atoms with van der Waals surface area (Å²) in [6.45, 7) is 4.19. The Kier molecular flexibility index (Phi) is 4.17. The van der Waals surface area contributed by atoms with Gasteiger partial charge in [0.1, 0.15) is 12.4 Å². The molecule has 1 heterocycles. The van der Waals surface area contributed by atoms with E-state index in [0.29, 0.717) is 6.61 Å². The van der Waals surface area contributed by atoms with E-state index in [-0.39, 0.29) is 0 Å². The first-order valence-electron chi connectivity index (χ1n) is 7.12. The van der Waals surface area contributed by atoms with Crippen LogP contribution >= 0.6 is 0 Å². The molecule has 0 saturated heterocycles. The third-order valence-corrected chi connectivity index (χ3v) is 3.41.